The molecule has 0 radical (unpaired) electrons. The Bertz CT molecular complexity index is 309. The molecule has 0 aliphatic rings. The first kappa shape index (κ1) is 8.52. The maximum atomic E-state index is 10.6. The van der Waals surface area contributed by atoms with Crippen molar-refractivity contribution >= 4 is 5.97 Å². The molecule has 1 aromatic heterocycles. The fourth-order valence-corrected chi connectivity index (χ4v) is 0.817. The summed E-state index contributed by atoms with van der Waals surface area (Å²) in [6, 6.07) is 2.81. The summed E-state index contributed by atoms with van der Waals surface area (Å²) in [4.78, 5) is 20.8. The van der Waals surface area contributed by atoms with Crippen molar-refractivity contribution in [2.75, 3.05) is 0 Å². The van der Waals surface area contributed by atoms with Crippen LogP contribution in [0.2, 0.25) is 0 Å². The van der Waals surface area contributed by atoms with Crippen molar-refractivity contribution in [3.05, 3.63) is 34.7 Å². The number of carboxylic acids is 1. The average Bonchev–Trinajstić information content (AvgIpc) is 2.03. The van der Waals surface area contributed by atoms with Gasteiger partial charge in [-0.05, 0) is 0 Å². The van der Waals surface area contributed by atoms with Gasteiger partial charge in [-0.3, -0.25) is 9.59 Å². The van der Waals surface area contributed by atoms with Gasteiger partial charge in [-0.25, -0.2) is 0 Å². The molecule has 1 N–H and O–H groups in total. The van der Waals surface area contributed by atoms with E-state index in [1.807, 2.05) is 0 Å². The average molecular weight is 167 g/mol. The molecule has 12 heavy (non-hydrogen) atoms. The van der Waals surface area contributed by atoms with E-state index < -0.39 is 5.97 Å². The van der Waals surface area contributed by atoms with Gasteiger partial charge in [0.2, 0.25) is 0 Å². The van der Waals surface area contributed by atoms with Crippen molar-refractivity contribution in [3.8, 4) is 0 Å². The van der Waals surface area contributed by atoms with Gasteiger partial charge in [0.15, 0.2) is 5.43 Å². The number of aryl methyl sites for hydroxylation is 1. The highest BCUT2D eigenvalue weighted by atomic mass is 16.4. The Morgan fingerprint density at radius 1 is 1.42 bits per heavy atom. The standard InChI is InChI=1S/C8H9NO3/c10-7-1-4-9(5-2-7)6-3-8(11)12/h1-2,4-5H,3,6H2,(H,11,12). The molecule has 0 aromatic carbocycles. The maximum absolute atomic E-state index is 10.6. The lowest BCUT2D eigenvalue weighted by Crippen LogP contribution is -2.07. The molecule has 0 bridgehead atoms. The van der Waals surface area contributed by atoms with Gasteiger partial charge in [0, 0.05) is 31.1 Å². The summed E-state index contributed by atoms with van der Waals surface area (Å²) < 4.78 is 1.66. The normalized spacial score (nSPS) is 9.67. The molecule has 0 amide bonds. The Morgan fingerprint density at radius 3 is 2.50 bits per heavy atom. The van der Waals surface area contributed by atoms with E-state index in [2.05, 4.69) is 0 Å². The van der Waals surface area contributed by atoms with Crippen LogP contribution in [-0.2, 0) is 11.3 Å². The van der Waals surface area contributed by atoms with E-state index in [0.717, 1.165) is 0 Å². The molecule has 0 unspecified atom stereocenters. The monoisotopic (exact) mass is 167 g/mol. The van der Waals surface area contributed by atoms with E-state index in [9.17, 15) is 9.59 Å². The molecule has 0 saturated carbocycles. The summed E-state index contributed by atoms with van der Waals surface area (Å²) in [7, 11) is 0. The Hall–Kier alpha value is -1.58. The first-order chi connectivity index (χ1) is 5.68. The van der Waals surface area contributed by atoms with Gasteiger partial charge in [-0.1, -0.05) is 0 Å². The number of hydrogen-bond acceptors (Lipinski definition) is 2. The third kappa shape index (κ3) is 2.57. The molecule has 0 spiro atoms. The molecule has 0 aliphatic heterocycles. The van der Waals surface area contributed by atoms with Crippen LogP contribution in [-0.4, -0.2) is 15.6 Å². The molecule has 64 valence electrons. The molecule has 1 aromatic rings. The van der Waals surface area contributed by atoms with Gasteiger partial charge in [0.25, 0.3) is 0 Å². The Balaban J connectivity index is 2.59. The van der Waals surface area contributed by atoms with Gasteiger partial charge in [-0.2, -0.15) is 0 Å². The highest BCUT2D eigenvalue weighted by molar-refractivity contribution is 5.66. The van der Waals surface area contributed by atoms with Crippen LogP contribution < -0.4 is 5.43 Å². The van der Waals surface area contributed by atoms with E-state index in [-0.39, 0.29) is 11.8 Å². The molecule has 4 heteroatoms. The molecule has 0 aliphatic carbocycles. The predicted octanol–water partition coefficient (Wildman–Crippen LogP) is 0.323. The van der Waals surface area contributed by atoms with Crippen LogP contribution in [0.15, 0.2) is 29.3 Å². The first-order valence-corrected chi connectivity index (χ1v) is 3.56. The van der Waals surface area contributed by atoms with Crippen LogP contribution in [0.3, 0.4) is 0 Å². The van der Waals surface area contributed by atoms with Gasteiger partial charge in [-0.15, -0.1) is 0 Å². The summed E-state index contributed by atoms with van der Waals surface area (Å²) in [6.07, 6.45) is 3.22. The summed E-state index contributed by atoms with van der Waals surface area (Å²) in [6.45, 7) is 0.398. The zero-order valence-corrected chi connectivity index (χ0v) is 6.43. The topological polar surface area (TPSA) is 59.3 Å². The number of rotatable bonds is 3. The summed E-state index contributed by atoms with van der Waals surface area (Å²) in [5, 5.41) is 8.35. The Labute approximate surface area is 69.1 Å². The van der Waals surface area contributed by atoms with Crippen LogP contribution in [0.4, 0.5) is 0 Å². The molecule has 0 fully saturated rings. The van der Waals surface area contributed by atoms with E-state index in [0.29, 0.717) is 6.54 Å². The molecule has 1 heterocycles. The third-order valence-electron chi connectivity index (χ3n) is 1.44. The number of pyridine rings is 1. The van der Waals surface area contributed by atoms with Crippen LogP contribution in [0.25, 0.3) is 0 Å². The summed E-state index contributed by atoms with van der Waals surface area (Å²) in [5.74, 6) is -0.839. The summed E-state index contributed by atoms with van der Waals surface area (Å²) in [5.41, 5.74) is -0.0680. The van der Waals surface area contributed by atoms with Crippen molar-refractivity contribution in [2.24, 2.45) is 0 Å². The molecule has 4 nitrogen and oxygen atoms in total. The summed E-state index contributed by atoms with van der Waals surface area (Å²) >= 11 is 0. The minimum atomic E-state index is -0.839. The highest BCUT2D eigenvalue weighted by Gasteiger charge is 1.95. The molecule has 0 atom stereocenters. The van der Waals surface area contributed by atoms with E-state index >= 15 is 0 Å². The SMILES string of the molecule is O=C(O)CCn1ccc(=O)cc1. The van der Waals surface area contributed by atoms with Crippen molar-refractivity contribution in [1.82, 2.24) is 4.57 Å². The van der Waals surface area contributed by atoms with Gasteiger partial charge < -0.3 is 9.67 Å². The smallest absolute Gasteiger partial charge is 0.305 e. The number of aliphatic carboxylic acids is 1. The van der Waals surface area contributed by atoms with Gasteiger partial charge >= 0.3 is 5.97 Å². The zero-order chi connectivity index (χ0) is 8.97. The highest BCUT2D eigenvalue weighted by Crippen LogP contribution is 1.88. The zero-order valence-electron chi connectivity index (χ0n) is 6.43. The van der Waals surface area contributed by atoms with E-state index in [1.165, 1.54) is 12.1 Å². The molecule has 0 saturated heterocycles. The van der Waals surface area contributed by atoms with Crippen LogP contribution in [0, 0.1) is 0 Å². The fourth-order valence-electron chi connectivity index (χ4n) is 0.817. The number of carboxylic acid groups (broad SMARTS) is 1. The lowest BCUT2D eigenvalue weighted by Gasteiger charge is -2.01. The quantitative estimate of drug-likeness (QED) is 0.705. The third-order valence-corrected chi connectivity index (χ3v) is 1.44. The lowest BCUT2D eigenvalue weighted by molar-refractivity contribution is -0.137. The van der Waals surface area contributed by atoms with Crippen molar-refractivity contribution in [2.45, 2.75) is 13.0 Å². The maximum Gasteiger partial charge on any atom is 0.305 e. The van der Waals surface area contributed by atoms with Gasteiger partial charge in [0.1, 0.15) is 0 Å². The number of aromatic nitrogens is 1. The molecular weight excluding hydrogens is 158 g/mol. The van der Waals surface area contributed by atoms with Crippen molar-refractivity contribution in [3.63, 3.8) is 0 Å². The van der Waals surface area contributed by atoms with E-state index in [1.54, 1.807) is 17.0 Å². The second kappa shape index (κ2) is 3.71. The van der Waals surface area contributed by atoms with Crippen molar-refractivity contribution in [1.29, 1.82) is 0 Å². The number of carbonyl (C=O) groups is 1. The van der Waals surface area contributed by atoms with Crippen LogP contribution in [0.1, 0.15) is 6.42 Å². The molecular formula is C8H9NO3. The largest absolute Gasteiger partial charge is 0.481 e. The Morgan fingerprint density at radius 2 is 2.00 bits per heavy atom. The number of nitrogens with zero attached hydrogens (tertiary/aromatic N) is 1. The second-order valence-electron chi connectivity index (χ2n) is 2.42. The lowest BCUT2D eigenvalue weighted by atomic mass is 10.4. The second-order valence-corrected chi connectivity index (χ2v) is 2.42. The minimum Gasteiger partial charge on any atom is -0.481 e. The van der Waals surface area contributed by atoms with Gasteiger partial charge in [0.05, 0.1) is 6.42 Å². The fraction of sp³-hybridized carbons (Fsp3) is 0.250. The van der Waals surface area contributed by atoms with E-state index in [4.69, 9.17) is 5.11 Å². The van der Waals surface area contributed by atoms with Crippen LogP contribution >= 0.6 is 0 Å². The molecule has 1 rings (SSSR count). The Kier molecular flexibility index (Phi) is 2.63. The number of hydrogen-bond donors (Lipinski definition) is 1. The first-order valence-electron chi connectivity index (χ1n) is 3.56. The van der Waals surface area contributed by atoms with Crippen molar-refractivity contribution < 1.29 is 9.90 Å². The minimum absolute atomic E-state index is 0.0680. The van der Waals surface area contributed by atoms with Crippen LogP contribution in [0.5, 0.6) is 0 Å². The predicted molar refractivity (Wildman–Crippen MR) is 43.0 cm³/mol.